The third-order valence-corrected chi connectivity index (χ3v) is 4.19. The van der Waals surface area contributed by atoms with Crippen molar-refractivity contribution in [2.24, 2.45) is 5.92 Å². The summed E-state index contributed by atoms with van der Waals surface area (Å²) in [4.78, 5) is 0. The van der Waals surface area contributed by atoms with Crippen LogP contribution < -0.4 is 4.74 Å². The summed E-state index contributed by atoms with van der Waals surface area (Å²) in [5.74, 6) is 0.837. The first-order valence-corrected chi connectivity index (χ1v) is 6.82. The molecule has 0 radical (unpaired) electrons. The molecule has 3 rings (SSSR count). The van der Waals surface area contributed by atoms with Crippen molar-refractivity contribution >= 4 is 0 Å². The van der Waals surface area contributed by atoms with E-state index in [4.69, 9.17) is 14.2 Å². The first-order chi connectivity index (χ1) is 9.29. The molecule has 1 atom stereocenters. The number of benzene rings is 1. The molecule has 1 spiro atoms. The van der Waals surface area contributed by atoms with Crippen molar-refractivity contribution in [3.8, 4) is 5.75 Å². The smallest absolute Gasteiger partial charge is 0.175 e. The summed E-state index contributed by atoms with van der Waals surface area (Å²) in [5.41, 5.74) is 2.57. The van der Waals surface area contributed by atoms with Gasteiger partial charge >= 0.3 is 0 Å². The molecule has 1 aromatic carbocycles. The lowest BCUT2D eigenvalue weighted by Crippen LogP contribution is -2.45. The van der Waals surface area contributed by atoms with Crippen LogP contribution in [-0.2, 0) is 22.3 Å². The molecule has 0 unspecified atom stereocenters. The monoisotopic (exact) mass is 260 g/mol. The molecule has 1 aliphatic carbocycles. The van der Waals surface area contributed by atoms with Crippen LogP contribution in [0.4, 0.5) is 0 Å². The third kappa shape index (κ3) is 2.07. The van der Waals surface area contributed by atoms with E-state index in [1.807, 2.05) is 18.2 Å². The summed E-state index contributed by atoms with van der Waals surface area (Å²) in [5, 5.41) is 0. The fraction of sp³-hybridized carbons (Fsp3) is 0.500. The zero-order chi connectivity index (χ0) is 13.3. The van der Waals surface area contributed by atoms with E-state index in [1.54, 1.807) is 7.11 Å². The van der Waals surface area contributed by atoms with E-state index in [-0.39, 0.29) is 0 Å². The number of methoxy groups -OCH3 is 1. The Morgan fingerprint density at radius 2 is 2.21 bits per heavy atom. The van der Waals surface area contributed by atoms with E-state index in [2.05, 4.69) is 12.6 Å². The molecular formula is C16H20O3. The Bertz CT molecular complexity index is 475. The summed E-state index contributed by atoms with van der Waals surface area (Å²) in [7, 11) is 1.73. The highest BCUT2D eigenvalue weighted by Gasteiger charge is 2.47. The highest BCUT2D eigenvalue weighted by atomic mass is 16.7. The van der Waals surface area contributed by atoms with Crippen molar-refractivity contribution < 1.29 is 14.2 Å². The quantitative estimate of drug-likeness (QED) is 0.782. The van der Waals surface area contributed by atoms with Gasteiger partial charge in [-0.25, -0.2) is 0 Å². The largest absolute Gasteiger partial charge is 0.496 e. The zero-order valence-electron chi connectivity index (χ0n) is 11.4. The summed E-state index contributed by atoms with van der Waals surface area (Å²) in [6.45, 7) is 5.24. The van der Waals surface area contributed by atoms with Gasteiger partial charge in [0.1, 0.15) is 5.75 Å². The van der Waals surface area contributed by atoms with Gasteiger partial charge in [0.2, 0.25) is 0 Å². The molecule has 3 nitrogen and oxygen atoms in total. The van der Waals surface area contributed by atoms with Gasteiger partial charge in [-0.3, -0.25) is 0 Å². The molecule has 102 valence electrons. The van der Waals surface area contributed by atoms with Gasteiger partial charge in [-0.1, -0.05) is 18.2 Å². The lowest BCUT2D eigenvalue weighted by molar-refractivity contribution is -0.198. The summed E-state index contributed by atoms with van der Waals surface area (Å²) < 4.78 is 17.4. The molecule has 1 saturated heterocycles. The highest BCUT2D eigenvalue weighted by molar-refractivity contribution is 5.43. The Morgan fingerprint density at radius 1 is 1.42 bits per heavy atom. The average Bonchev–Trinajstić information content (AvgIpc) is 2.88. The Labute approximate surface area is 114 Å². The van der Waals surface area contributed by atoms with E-state index in [0.717, 1.165) is 25.0 Å². The van der Waals surface area contributed by atoms with Crippen molar-refractivity contribution in [3.05, 3.63) is 42.0 Å². The molecule has 19 heavy (non-hydrogen) atoms. The Morgan fingerprint density at radius 3 is 2.89 bits per heavy atom. The normalized spacial score (nSPS) is 24.2. The van der Waals surface area contributed by atoms with Crippen molar-refractivity contribution in [3.63, 3.8) is 0 Å². The minimum absolute atomic E-state index is 0.316. The molecule has 3 heteroatoms. The standard InChI is InChI=1S/C16H20O3/c1-3-5-13-10-14-12(6-4-7-15(14)17-2)11-16(13)18-8-9-19-16/h3-4,6-7,13H,1,5,8-11H2,2H3/t13-/m0/s1. The minimum atomic E-state index is -0.451. The third-order valence-electron chi connectivity index (χ3n) is 4.19. The Kier molecular flexibility index (Phi) is 3.33. The molecule has 0 saturated carbocycles. The van der Waals surface area contributed by atoms with E-state index < -0.39 is 5.79 Å². The van der Waals surface area contributed by atoms with Gasteiger partial charge in [-0.15, -0.1) is 6.58 Å². The lowest BCUT2D eigenvalue weighted by atomic mass is 9.77. The molecule has 0 amide bonds. The zero-order valence-corrected chi connectivity index (χ0v) is 11.4. The van der Waals surface area contributed by atoms with E-state index >= 15 is 0 Å². The van der Waals surface area contributed by atoms with Crippen LogP contribution >= 0.6 is 0 Å². The molecular weight excluding hydrogens is 240 g/mol. The van der Waals surface area contributed by atoms with E-state index in [1.165, 1.54) is 11.1 Å². The van der Waals surface area contributed by atoms with Crippen LogP contribution in [0, 0.1) is 5.92 Å². The van der Waals surface area contributed by atoms with Crippen molar-refractivity contribution in [2.75, 3.05) is 20.3 Å². The number of ether oxygens (including phenoxy) is 3. The second-order valence-electron chi connectivity index (χ2n) is 5.21. The highest BCUT2D eigenvalue weighted by Crippen LogP contribution is 2.43. The van der Waals surface area contributed by atoms with Gasteiger partial charge in [-0.2, -0.15) is 0 Å². The van der Waals surface area contributed by atoms with Gasteiger partial charge in [0.05, 0.1) is 20.3 Å². The van der Waals surface area contributed by atoms with Crippen molar-refractivity contribution in [1.82, 2.24) is 0 Å². The van der Waals surface area contributed by atoms with Crippen LogP contribution in [0.2, 0.25) is 0 Å². The molecule has 1 aromatic rings. The molecule has 1 aliphatic heterocycles. The number of allylic oxidation sites excluding steroid dienone is 1. The second kappa shape index (κ2) is 4.99. The van der Waals surface area contributed by atoms with Crippen LogP contribution in [0.15, 0.2) is 30.9 Å². The predicted molar refractivity (Wildman–Crippen MR) is 73.3 cm³/mol. The maximum absolute atomic E-state index is 5.97. The molecule has 0 bridgehead atoms. The summed E-state index contributed by atoms with van der Waals surface area (Å²) >= 11 is 0. The van der Waals surface area contributed by atoms with Crippen LogP contribution in [-0.4, -0.2) is 26.1 Å². The summed E-state index contributed by atoms with van der Waals surface area (Å²) in [6.07, 6.45) is 4.58. The van der Waals surface area contributed by atoms with Crippen LogP contribution in [0.3, 0.4) is 0 Å². The molecule has 0 N–H and O–H groups in total. The van der Waals surface area contributed by atoms with Crippen LogP contribution in [0.5, 0.6) is 5.75 Å². The maximum atomic E-state index is 5.97. The molecule has 0 aromatic heterocycles. The number of rotatable bonds is 3. The fourth-order valence-corrected chi connectivity index (χ4v) is 3.28. The van der Waals surface area contributed by atoms with Crippen LogP contribution in [0.25, 0.3) is 0 Å². The van der Waals surface area contributed by atoms with Gasteiger partial charge in [-0.05, 0) is 30.0 Å². The van der Waals surface area contributed by atoms with E-state index in [9.17, 15) is 0 Å². The number of hydrogen-bond donors (Lipinski definition) is 0. The predicted octanol–water partition coefficient (Wildman–Crippen LogP) is 2.73. The number of hydrogen-bond acceptors (Lipinski definition) is 3. The Hall–Kier alpha value is -1.32. The maximum Gasteiger partial charge on any atom is 0.175 e. The van der Waals surface area contributed by atoms with Crippen molar-refractivity contribution in [1.29, 1.82) is 0 Å². The summed E-state index contributed by atoms with van der Waals surface area (Å²) in [6, 6.07) is 6.21. The average molecular weight is 260 g/mol. The fourth-order valence-electron chi connectivity index (χ4n) is 3.28. The molecule has 1 heterocycles. The topological polar surface area (TPSA) is 27.7 Å². The van der Waals surface area contributed by atoms with Gasteiger partial charge in [0.15, 0.2) is 5.79 Å². The molecule has 1 fully saturated rings. The first kappa shape index (κ1) is 12.7. The minimum Gasteiger partial charge on any atom is -0.496 e. The van der Waals surface area contributed by atoms with Gasteiger partial charge < -0.3 is 14.2 Å². The van der Waals surface area contributed by atoms with Gasteiger partial charge in [0, 0.05) is 12.3 Å². The van der Waals surface area contributed by atoms with Crippen molar-refractivity contribution in [2.45, 2.75) is 25.0 Å². The second-order valence-corrected chi connectivity index (χ2v) is 5.21. The van der Waals surface area contributed by atoms with Gasteiger partial charge in [0.25, 0.3) is 0 Å². The molecule has 2 aliphatic rings. The SMILES string of the molecule is C=CC[C@H]1Cc2c(cccc2OC)CC12OCCO2. The van der Waals surface area contributed by atoms with E-state index in [0.29, 0.717) is 19.1 Å². The Balaban J connectivity index is 2.00. The lowest BCUT2D eigenvalue weighted by Gasteiger charge is -2.40. The van der Waals surface area contributed by atoms with Crippen LogP contribution in [0.1, 0.15) is 17.5 Å². The first-order valence-electron chi connectivity index (χ1n) is 6.82. The number of fused-ring (bicyclic) bond motifs is 1.